The predicted molar refractivity (Wildman–Crippen MR) is 69.5 cm³/mol. The Morgan fingerprint density at radius 2 is 2.18 bits per heavy atom. The van der Waals surface area contributed by atoms with Crippen LogP contribution in [-0.2, 0) is 13.6 Å². The average Bonchev–Trinajstić information content (AvgIpc) is 2.67. The number of hydrogen-bond acceptors (Lipinski definition) is 2. The van der Waals surface area contributed by atoms with E-state index in [4.69, 9.17) is 5.26 Å². The third kappa shape index (κ3) is 2.66. The number of aromatic nitrogens is 1. The van der Waals surface area contributed by atoms with Gasteiger partial charge in [-0.25, -0.2) is 0 Å². The van der Waals surface area contributed by atoms with Crippen molar-refractivity contribution in [2.24, 2.45) is 7.05 Å². The Balaban J connectivity index is 2.02. The van der Waals surface area contributed by atoms with E-state index < -0.39 is 0 Å². The Morgan fingerprint density at radius 3 is 3.00 bits per heavy atom. The summed E-state index contributed by atoms with van der Waals surface area (Å²) in [5, 5.41) is 13.1. The third-order valence-electron chi connectivity index (χ3n) is 2.94. The van der Waals surface area contributed by atoms with Gasteiger partial charge in [0, 0.05) is 37.1 Å². The highest BCUT2D eigenvalue weighted by molar-refractivity contribution is 5.83. The highest BCUT2D eigenvalue weighted by atomic mass is 14.9. The van der Waals surface area contributed by atoms with Gasteiger partial charge in [0.25, 0.3) is 0 Å². The monoisotopic (exact) mass is 227 g/mol. The van der Waals surface area contributed by atoms with Crippen LogP contribution in [0.2, 0.25) is 0 Å². The van der Waals surface area contributed by atoms with Crippen LogP contribution in [0.4, 0.5) is 0 Å². The molecule has 0 saturated heterocycles. The lowest BCUT2D eigenvalue weighted by atomic mass is 10.2. The Hall–Kier alpha value is -1.79. The molecule has 0 atom stereocenters. The molecule has 3 heteroatoms. The van der Waals surface area contributed by atoms with Gasteiger partial charge >= 0.3 is 0 Å². The molecule has 17 heavy (non-hydrogen) atoms. The largest absolute Gasteiger partial charge is 0.350 e. The van der Waals surface area contributed by atoms with Crippen molar-refractivity contribution < 1.29 is 0 Å². The molecule has 1 N–H and O–H groups in total. The molecule has 88 valence electrons. The molecule has 2 aromatic rings. The van der Waals surface area contributed by atoms with Crippen molar-refractivity contribution in [1.82, 2.24) is 9.88 Å². The van der Waals surface area contributed by atoms with Crippen LogP contribution >= 0.6 is 0 Å². The summed E-state index contributed by atoms with van der Waals surface area (Å²) >= 11 is 0. The van der Waals surface area contributed by atoms with Crippen molar-refractivity contribution >= 4 is 10.9 Å². The van der Waals surface area contributed by atoms with E-state index >= 15 is 0 Å². The van der Waals surface area contributed by atoms with Crippen LogP contribution in [0.15, 0.2) is 30.5 Å². The number of hydrogen-bond donors (Lipinski definition) is 1. The molecule has 0 saturated carbocycles. The second-order valence-corrected chi connectivity index (χ2v) is 4.22. The van der Waals surface area contributed by atoms with Gasteiger partial charge in [-0.15, -0.1) is 0 Å². The molecule has 1 aromatic heterocycles. The summed E-state index contributed by atoms with van der Waals surface area (Å²) in [6.07, 6.45) is 3.71. The molecule has 0 aliphatic carbocycles. The zero-order valence-electron chi connectivity index (χ0n) is 10.1. The maximum absolute atomic E-state index is 8.45. The topological polar surface area (TPSA) is 40.8 Å². The number of para-hydroxylation sites is 1. The van der Waals surface area contributed by atoms with E-state index in [1.165, 1.54) is 16.5 Å². The van der Waals surface area contributed by atoms with Crippen LogP contribution in [0, 0.1) is 11.3 Å². The van der Waals surface area contributed by atoms with Gasteiger partial charge in [0.1, 0.15) is 0 Å². The summed E-state index contributed by atoms with van der Waals surface area (Å²) in [5.74, 6) is 0. The quantitative estimate of drug-likeness (QED) is 0.797. The van der Waals surface area contributed by atoms with Gasteiger partial charge in [-0.2, -0.15) is 5.26 Å². The molecule has 0 aliphatic rings. The molecule has 0 unspecified atom stereocenters. The molecule has 0 bridgehead atoms. The molecular weight excluding hydrogens is 210 g/mol. The molecule has 0 spiro atoms. The van der Waals surface area contributed by atoms with Crippen LogP contribution < -0.4 is 5.32 Å². The Morgan fingerprint density at radius 1 is 1.35 bits per heavy atom. The second-order valence-electron chi connectivity index (χ2n) is 4.22. The number of rotatable bonds is 5. The van der Waals surface area contributed by atoms with Crippen molar-refractivity contribution in [2.45, 2.75) is 19.4 Å². The SMILES string of the molecule is Cn1cc(CNCCCC#N)c2ccccc21. The van der Waals surface area contributed by atoms with Crippen molar-refractivity contribution in [3.05, 3.63) is 36.0 Å². The third-order valence-corrected chi connectivity index (χ3v) is 2.94. The van der Waals surface area contributed by atoms with E-state index in [0.717, 1.165) is 19.5 Å². The molecule has 3 nitrogen and oxygen atoms in total. The van der Waals surface area contributed by atoms with Gasteiger partial charge < -0.3 is 9.88 Å². The standard InChI is InChI=1S/C14H17N3/c1-17-11-12(10-16-9-5-4-8-15)13-6-2-3-7-14(13)17/h2-3,6-7,11,16H,4-5,9-10H2,1H3. The highest BCUT2D eigenvalue weighted by Crippen LogP contribution is 2.19. The fraction of sp³-hybridized carbons (Fsp3) is 0.357. The fourth-order valence-electron chi connectivity index (χ4n) is 2.08. The van der Waals surface area contributed by atoms with E-state index in [-0.39, 0.29) is 0 Å². The first kappa shape index (κ1) is 11.7. The summed E-state index contributed by atoms with van der Waals surface area (Å²) in [7, 11) is 2.07. The zero-order valence-corrected chi connectivity index (χ0v) is 10.1. The van der Waals surface area contributed by atoms with Crippen LogP contribution in [-0.4, -0.2) is 11.1 Å². The fourth-order valence-corrected chi connectivity index (χ4v) is 2.08. The first-order valence-electron chi connectivity index (χ1n) is 5.93. The van der Waals surface area contributed by atoms with Gasteiger partial charge in [0.05, 0.1) is 6.07 Å². The van der Waals surface area contributed by atoms with Gasteiger partial charge in [-0.1, -0.05) is 18.2 Å². The number of nitrogens with zero attached hydrogens (tertiary/aromatic N) is 2. The number of unbranched alkanes of at least 4 members (excludes halogenated alkanes) is 1. The lowest BCUT2D eigenvalue weighted by Crippen LogP contribution is -2.14. The van der Waals surface area contributed by atoms with Crippen molar-refractivity contribution in [3.8, 4) is 6.07 Å². The minimum absolute atomic E-state index is 0.628. The minimum atomic E-state index is 0.628. The summed E-state index contributed by atoms with van der Waals surface area (Å²) < 4.78 is 2.15. The molecular formula is C14H17N3. The smallest absolute Gasteiger partial charge is 0.0622 e. The number of benzene rings is 1. The maximum atomic E-state index is 8.45. The number of fused-ring (bicyclic) bond motifs is 1. The summed E-state index contributed by atoms with van der Waals surface area (Å²) in [4.78, 5) is 0. The Bertz CT molecular complexity index is 534. The Labute approximate surface area is 102 Å². The van der Waals surface area contributed by atoms with Gasteiger partial charge in [-0.3, -0.25) is 0 Å². The van der Waals surface area contributed by atoms with E-state index in [1.54, 1.807) is 0 Å². The van der Waals surface area contributed by atoms with E-state index in [9.17, 15) is 0 Å². The van der Waals surface area contributed by atoms with Crippen LogP contribution in [0.1, 0.15) is 18.4 Å². The molecule has 2 rings (SSSR count). The minimum Gasteiger partial charge on any atom is -0.350 e. The summed E-state index contributed by atoms with van der Waals surface area (Å²) in [6.45, 7) is 1.77. The average molecular weight is 227 g/mol. The lowest BCUT2D eigenvalue weighted by molar-refractivity contribution is 0.658. The highest BCUT2D eigenvalue weighted by Gasteiger charge is 2.04. The molecule has 0 aliphatic heterocycles. The van der Waals surface area contributed by atoms with E-state index in [0.29, 0.717) is 6.42 Å². The molecule has 0 radical (unpaired) electrons. The molecule has 0 fully saturated rings. The van der Waals surface area contributed by atoms with Gasteiger partial charge in [-0.05, 0) is 24.6 Å². The summed E-state index contributed by atoms with van der Waals surface area (Å²) in [5.41, 5.74) is 2.58. The number of aryl methyl sites for hydroxylation is 1. The molecule has 1 heterocycles. The zero-order chi connectivity index (χ0) is 12.1. The van der Waals surface area contributed by atoms with Crippen LogP contribution in [0.25, 0.3) is 10.9 Å². The van der Waals surface area contributed by atoms with Crippen molar-refractivity contribution in [1.29, 1.82) is 5.26 Å². The maximum Gasteiger partial charge on any atom is 0.0622 e. The predicted octanol–water partition coefficient (Wildman–Crippen LogP) is 2.57. The van der Waals surface area contributed by atoms with Gasteiger partial charge in [0.15, 0.2) is 0 Å². The normalized spacial score (nSPS) is 10.6. The summed E-state index contributed by atoms with van der Waals surface area (Å²) in [6, 6.07) is 10.6. The van der Waals surface area contributed by atoms with E-state index in [1.807, 2.05) is 0 Å². The van der Waals surface area contributed by atoms with E-state index in [2.05, 4.69) is 53.5 Å². The molecule has 1 aromatic carbocycles. The lowest BCUT2D eigenvalue weighted by Gasteiger charge is -2.01. The van der Waals surface area contributed by atoms with Crippen molar-refractivity contribution in [2.75, 3.05) is 6.54 Å². The first-order valence-corrected chi connectivity index (χ1v) is 5.93. The first-order chi connectivity index (χ1) is 8.33. The number of nitrogens with one attached hydrogen (secondary N) is 1. The second kappa shape index (κ2) is 5.51. The van der Waals surface area contributed by atoms with Gasteiger partial charge in [0.2, 0.25) is 0 Å². The van der Waals surface area contributed by atoms with Crippen LogP contribution in [0.3, 0.4) is 0 Å². The Kier molecular flexibility index (Phi) is 3.79. The number of nitriles is 1. The molecule has 0 amide bonds. The van der Waals surface area contributed by atoms with Crippen LogP contribution in [0.5, 0.6) is 0 Å². The van der Waals surface area contributed by atoms with Crippen molar-refractivity contribution in [3.63, 3.8) is 0 Å².